The molecule has 15 heteroatoms. The molecule has 0 aliphatic rings. The van der Waals surface area contributed by atoms with Crippen LogP contribution < -0.4 is 0 Å². The lowest BCUT2D eigenvalue weighted by atomic mass is 9.93. The van der Waals surface area contributed by atoms with Gasteiger partial charge < -0.3 is 0 Å². The van der Waals surface area contributed by atoms with Crippen LogP contribution in [-0.2, 0) is 4.79 Å². The Kier molecular flexibility index (Phi) is 6.45. The molecule has 0 amide bonds. The van der Waals surface area contributed by atoms with E-state index in [-0.39, 0.29) is 11.8 Å². The summed E-state index contributed by atoms with van der Waals surface area (Å²) in [6.07, 6.45) is -9.79. The third-order valence-electron chi connectivity index (χ3n) is 2.72. The number of carbonyl (C=O) groups excluding carboxylic acids is 1. The summed E-state index contributed by atoms with van der Waals surface area (Å²) in [5.41, 5.74) is 0. The summed E-state index contributed by atoms with van der Waals surface area (Å²) < 4.78 is 165. The minimum Gasteiger partial charge on any atom is -0.288 e. The second-order valence-corrected chi connectivity index (χ2v) is 5.86. The van der Waals surface area contributed by atoms with Gasteiger partial charge >= 0.3 is 35.8 Å². The van der Waals surface area contributed by atoms with Crippen molar-refractivity contribution in [2.24, 2.45) is 0 Å². The monoisotopic (exact) mass is 422 g/mol. The summed E-state index contributed by atoms with van der Waals surface area (Å²) in [6.45, 7) is 0.744. The van der Waals surface area contributed by atoms with Crippen LogP contribution in [0, 0.1) is 0 Å². The fourth-order valence-electron chi connectivity index (χ4n) is 1.28. The molecule has 0 saturated heterocycles. The van der Waals surface area contributed by atoms with Crippen LogP contribution in [0.5, 0.6) is 0 Å². The molecule has 0 radical (unpaired) electrons. The van der Waals surface area contributed by atoms with Gasteiger partial charge in [-0.25, -0.2) is 0 Å². The Labute approximate surface area is 134 Å². The van der Waals surface area contributed by atoms with E-state index in [1.165, 1.54) is 0 Å². The van der Waals surface area contributed by atoms with E-state index < -0.39 is 53.1 Å². The van der Waals surface area contributed by atoms with Crippen LogP contribution >= 0.6 is 11.8 Å². The Morgan fingerprint density at radius 1 is 0.680 bits per heavy atom. The Morgan fingerprint density at radius 2 is 1.04 bits per heavy atom. The maximum absolute atomic E-state index is 13.1. The Balaban J connectivity index is 5.90. The molecule has 0 saturated carbocycles. The lowest BCUT2D eigenvalue weighted by Crippen LogP contribution is -2.70. The molecular formula is C10H7F13OS. The van der Waals surface area contributed by atoms with E-state index in [4.69, 9.17) is 0 Å². The van der Waals surface area contributed by atoms with Crippen molar-refractivity contribution in [3.05, 3.63) is 0 Å². The largest absolute Gasteiger partial charge is 0.460 e. The fourth-order valence-corrected chi connectivity index (χ4v) is 1.93. The number of hydrogen-bond donors (Lipinski definition) is 0. The van der Waals surface area contributed by atoms with Crippen molar-refractivity contribution in [2.75, 3.05) is 5.75 Å². The van der Waals surface area contributed by atoms with Crippen LogP contribution in [0.2, 0.25) is 0 Å². The predicted molar refractivity (Wildman–Crippen MR) is 58.5 cm³/mol. The number of alkyl halides is 13. The third-order valence-corrected chi connectivity index (χ3v) is 3.53. The molecule has 0 heterocycles. The molecule has 0 unspecified atom stereocenters. The number of hydrogen-bond acceptors (Lipinski definition) is 2. The standard InChI is InChI=1S/C10H7F13OS/c1-4(24)25-3-2-5(11,12)6(13,14)7(15,16)8(17,18)9(19,20)10(21,22)23/h2-3H2,1H3. The lowest BCUT2D eigenvalue weighted by molar-refractivity contribution is -0.439. The third kappa shape index (κ3) is 3.94. The molecule has 0 aromatic carbocycles. The minimum absolute atomic E-state index is 0.111. The van der Waals surface area contributed by atoms with Crippen molar-refractivity contribution in [2.45, 2.75) is 49.1 Å². The summed E-state index contributed by atoms with van der Waals surface area (Å²) in [7, 11) is 0. The first-order chi connectivity index (χ1) is 10.7. The van der Waals surface area contributed by atoms with E-state index in [0.29, 0.717) is 0 Å². The molecule has 1 nitrogen and oxygen atoms in total. The van der Waals surface area contributed by atoms with Crippen molar-refractivity contribution in [1.82, 2.24) is 0 Å². The van der Waals surface area contributed by atoms with Crippen LogP contribution in [0.4, 0.5) is 57.1 Å². The first-order valence-corrected chi connectivity index (χ1v) is 6.74. The Hall–Kier alpha value is -0.890. The molecule has 0 aromatic heterocycles. The Bertz CT molecular complexity index is 496. The van der Waals surface area contributed by atoms with E-state index in [2.05, 4.69) is 0 Å². The van der Waals surface area contributed by atoms with Gasteiger partial charge in [-0.3, -0.25) is 4.79 Å². The molecule has 0 aromatic rings. The molecule has 0 atom stereocenters. The number of thioether (sulfide) groups is 1. The van der Waals surface area contributed by atoms with Crippen molar-refractivity contribution in [1.29, 1.82) is 0 Å². The second-order valence-electron chi connectivity index (χ2n) is 4.59. The van der Waals surface area contributed by atoms with Gasteiger partial charge in [-0.1, -0.05) is 11.8 Å². The van der Waals surface area contributed by atoms with Crippen LogP contribution in [-0.4, -0.2) is 46.7 Å². The van der Waals surface area contributed by atoms with E-state index in [9.17, 15) is 61.9 Å². The van der Waals surface area contributed by atoms with Crippen LogP contribution in [0.1, 0.15) is 13.3 Å². The van der Waals surface area contributed by atoms with Crippen molar-refractivity contribution >= 4 is 16.9 Å². The smallest absolute Gasteiger partial charge is 0.288 e. The second kappa shape index (κ2) is 6.68. The van der Waals surface area contributed by atoms with Gasteiger partial charge in [-0.05, 0) is 0 Å². The highest BCUT2D eigenvalue weighted by atomic mass is 32.2. The zero-order valence-electron chi connectivity index (χ0n) is 11.6. The summed E-state index contributed by atoms with van der Waals surface area (Å²) in [5, 5.41) is -0.959. The minimum atomic E-state index is -7.89. The van der Waals surface area contributed by atoms with Gasteiger partial charge in [0.2, 0.25) is 0 Å². The molecule has 0 aliphatic heterocycles. The molecule has 150 valence electrons. The quantitative estimate of drug-likeness (QED) is 0.512. The van der Waals surface area contributed by atoms with Crippen LogP contribution in [0.3, 0.4) is 0 Å². The normalized spacial score (nSPS) is 15.4. The van der Waals surface area contributed by atoms with Gasteiger partial charge in [0.05, 0.1) is 0 Å². The first kappa shape index (κ1) is 24.1. The number of rotatable bonds is 7. The highest BCUT2D eigenvalue weighted by Crippen LogP contribution is 2.60. The van der Waals surface area contributed by atoms with Crippen LogP contribution in [0.15, 0.2) is 0 Å². The molecular weight excluding hydrogens is 415 g/mol. The van der Waals surface area contributed by atoms with E-state index in [1.807, 2.05) is 0 Å². The van der Waals surface area contributed by atoms with Gasteiger partial charge in [-0.2, -0.15) is 57.1 Å². The highest BCUT2D eigenvalue weighted by molar-refractivity contribution is 8.13. The SMILES string of the molecule is CC(=O)SCCC(F)(F)C(F)(F)C(F)(F)C(F)(F)C(F)(F)C(F)(F)F. The molecule has 25 heavy (non-hydrogen) atoms. The molecule has 0 rings (SSSR count). The zero-order chi connectivity index (χ0) is 20.7. The van der Waals surface area contributed by atoms with E-state index >= 15 is 0 Å². The van der Waals surface area contributed by atoms with Crippen LogP contribution in [0.25, 0.3) is 0 Å². The van der Waals surface area contributed by atoms with Gasteiger partial charge in [0.25, 0.3) is 0 Å². The average Bonchev–Trinajstić information content (AvgIpc) is 2.35. The first-order valence-electron chi connectivity index (χ1n) is 5.76. The predicted octanol–water partition coefficient (Wildman–Crippen LogP) is 5.40. The summed E-state index contributed by atoms with van der Waals surface area (Å²) >= 11 is -0.111. The maximum atomic E-state index is 13.1. The number of carbonyl (C=O) groups is 1. The summed E-state index contributed by atoms with van der Waals surface area (Å²) in [5.74, 6) is -38.1. The summed E-state index contributed by atoms with van der Waals surface area (Å²) in [6, 6.07) is 0. The van der Waals surface area contributed by atoms with E-state index in [1.54, 1.807) is 0 Å². The van der Waals surface area contributed by atoms with Crippen molar-refractivity contribution < 1.29 is 61.9 Å². The van der Waals surface area contributed by atoms with Gasteiger partial charge in [0.1, 0.15) is 0 Å². The zero-order valence-corrected chi connectivity index (χ0v) is 12.5. The number of halogens is 13. The average molecular weight is 422 g/mol. The van der Waals surface area contributed by atoms with Gasteiger partial charge in [0.15, 0.2) is 5.12 Å². The van der Waals surface area contributed by atoms with Crippen molar-refractivity contribution in [3.8, 4) is 0 Å². The molecule has 0 spiro atoms. The summed E-state index contributed by atoms with van der Waals surface area (Å²) in [4.78, 5) is 10.4. The fraction of sp³-hybridized carbons (Fsp3) is 0.900. The van der Waals surface area contributed by atoms with Gasteiger partial charge in [-0.15, -0.1) is 0 Å². The van der Waals surface area contributed by atoms with Gasteiger partial charge in [0, 0.05) is 19.1 Å². The maximum Gasteiger partial charge on any atom is 0.460 e. The molecule has 0 fully saturated rings. The van der Waals surface area contributed by atoms with Crippen molar-refractivity contribution in [3.63, 3.8) is 0 Å². The molecule has 0 aliphatic carbocycles. The molecule has 0 bridgehead atoms. The highest BCUT2D eigenvalue weighted by Gasteiger charge is 2.90. The topological polar surface area (TPSA) is 17.1 Å². The van der Waals surface area contributed by atoms with E-state index in [0.717, 1.165) is 6.92 Å². The molecule has 0 N–H and O–H groups in total. The lowest BCUT2D eigenvalue weighted by Gasteiger charge is -2.39. The Morgan fingerprint density at radius 3 is 1.36 bits per heavy atom.